The van der Waals surface area contributed by atoms with Crippen molar-refractivity contribution in [1.29, 1.82) is 0 Å². The summed E-state index contributed by atoms with van der Waals surface area (Å²) >= 11 is 0. The molecule has 13 heavy (non-hydrogen) atoms. The standard InChI is InChI=1S/C8H6F2O3/c9-8(10)6-3-1-5(13-6)2-4-7(11)12/h1-4,8H,(H,11,12). The second kappa shape index (κ2) is 3.84. The Bertz CT molecular complexity index is 328. The number of halogens is 2. The van der Waals surface area contributed by atoms with Crippen LogP contribution in [0.1, 0.15) is 17.9 Å². The van der Waals surface area contributed by atoms with Gasteiger partial charge in [-0.15, -0.1) is 0 Å². The summed E-state index contributed by atoms with van der Waals surface area (Å²) in [5.41, 5.74) is 0. The van der Waals surface area contributed by atoms with Gasteiger partial charge in [0.05, 0.1) is 0 Å². The van der Waals surface area contributed by atoms with Crippen molar-refractivity contribution >= 4 is 12.0 Å². The summed E-state index contributed by atoms with van der Waals surface area (Å²) in [6, 6.07) is 2.38. The molecular formula is C8H6F2O3. The van der Waals surface area contributed by atoms with E-state index < -0.39 is 18.2 Å². The molecule has 3 nitrogen and oxygen atoms in total. The summed E-state index contributed by atoms with van der Waals surface area (Å²) in [5, 5.41) is 8.21. The highest BCUT2D eigenvalue weighted by Gasteiger charge is 2.10. The van der Waals surface area contributed by atoms with E-state index in [2.05, 4.69) is 4.42 Å². The van der Waals surface area contributed by atoms with Gasteiger partial charge in [0.25, 0.3) is 6.43 Å². The number of carbonyl (C=O) groups is 1. The number of hydrogen-bond acceptors (Lipinski definition) is 2. The Kier molecular flexibility index (Phi) is 2.79. The zero-order chi connectivity index (χ0) is 9.84. The van der Waals surface area contributed by atoms with Gasteiger partial charge in [0.15, 0.2) is 5.76 Å². The van der Waals surface area contributed by atoms with Gasteiger partial charge in [-0.1, -0.05) is 0 Å². The van der Waals surface area contributed by atoms with Crippen LogP contribution >= 0.6 is 0 Å². The maximum atomic E-state index is 11.9. The maximum absolute atomic E-state index is 11.9. The van der Waals surface area contributed by atoms with Crippen molar-refractivity contribution in [2.75, 3.05) is 0 Å². The number of carboxylic acid groups (broad SMARTS) is 1. The van der Waals surface area contributed by atoms with Crippen molar-refractivity contribution < 1.29 is 23.1 Å². The van der Waals surface area contributed by atoms with Crippen LogP contribution in [0.4, 0.5) is 8.78 Å². The van der Waals surface area contributed by atoms with E-state index in [1.54, 1.807) is 0 Å². The molecule has 1 heterocycles. The average Bonchev–Trinajstić information content (AvgIpc) is 2.48. The highest BCUT2D eigenvalue weighted by atomic mass is 19.3. The predicted molar refractivity (Wildman–Crippen MR) is 40.3 cm³/mol. The quantitative estimate of drug-likeness (QED) is 0.740. The fourth-order valence-electron chi connectivity index (χ4n) is 0.729. The Morgan fingerprint density at radius 1 is 1.54 bits per heavy atom. The van der Waals surface area contributed by atoms with Crippen LogP contribution in [-0.2, 0) is 4.79 Å². The number of hydrogen-bond donors (Lipinski definition) is 1. The molecule has 0 saturated carbocycles. The lowest BCUT2D eigenvalue weighted by Crippen LogP contribution is -1.84. The number of carboxylic acids is 1. The fraction of sp³-hybridized carbons (Fsp3) is 0.125. The van der Waals surface area contributed by atoms with Crippen molar-refractivity contribution in [1.82, 2.24) is 0 Å². The minimum absolute atomic E-state index is 0.0951. The number of alkyl halides is 2. The summed E-state index contributed by atoms with van der Waals surface area (Å²) in [7, 11) is 0. The molecule has 70 valence electrons. The maximum Gasteiger partial charge on any atom is 0.328 e. The van der Waals surface area contributed by atoms with E-state index >= 15 is 0 Å². The van der Waals surface area contributed by atoms with E-state index in [1.165, 1.54) is 6.07 Å². The van der Waals surface area contributed by atoms with Crippen LogP contribution in [0.2, 0.25) is 0 Å². The topological polar surface area (TPSA) is 50.4 Å². The van der Waals surface area contributed by atoms with Gasteiger partial charge in [-0.25, -0.2) is 13.6 Å². The van der Waals surface area contributed by atoms with Gasteiger partial charge in [-0.05, 0) is 18.2 Å². The molecule has 1 rings (SSSR count). The molecule has 0 spiro atoms. The Labute approximate surface area is 72.3 Å². The molecule has 0 aliphatic carbocycles. The lowest BCUT2D eigenvalue weighted by atomic mass is 10.4. The molecule has 0 aliphatic heterocycles. The van der Waals surface area contributed by atoms with Gasteiger partial charge in [-0.3, -0.25) is 0 Å². The number of aliphatic carboxylic acids is 1. The second-order valence-electron chi connectivity index (χ2n) is 2.21. The van der Waals surface area contributed by atoms with Crippen LogP contribution in [0.15, 0.2) is 22.6 Å². The predicted octanol–water partition coefficient (Wildman–Crippen LogP) is 2.32. The normalized spacial score (nSPS) is 11.3. The van der Waals surface area contributed by atoms with E-state index in [0.29, 0.717) is 0 Å². The van der Waals surface area contributed by atoms with Crippen LogP contribution < -0.4 is 0 Å². The molecule has 0 atom stereocenters. The molecular weight excluding hydrogens is 182 g/mol. The Balaban J connectivity index is 2.75. The summed E-state index contributed by atoms with van der Waals surface area (Å²) in [6.07, 6.45) is -0.755. The van der Waals surface area contributed by atoms with Crippen molar-refractivity contribution in [2.45, 2.75) is 6.43 Å². The van der Waals surface area contributed by atoms with Crippen LogP contribution in [0, 0.1) is 0 Å². The van der Waals surface area contributed by atoms with Crippen molar-refractivity contribution in [3.8, 4) is 0 Å². The minimum atomic E-state index is -2.67. The molecule has 1 aromatic rings. The van der Waals surface area contributed by atoms with Gasteiger partial charge in [0.2, 0.25) is 0 Å². The van der Waals surface area contributed by atoms with Crippen LogP contribution in [-0.4, -0.2) is 11.1 Å². The molecule has 1 N–H and O–H groups in total. The average molecular weight is 188 g/mol. The smallest absolute Gasteiger partial charge is 0.328 e. The van der Waals surface area contributed by atoms with Crippen molar-refractivity contribution in [2.24, 2.45) is 0 Å². The minimum Gasteiger partial charge on any atom is -0.478 e. The van der Waals surface area contributed by atoms with Gasteiger partial charge in [0.1, 0.15) is 5.76 Å². The zero-order valence-electron chi connectivity index (χ0n) is 6.41. The van der Waals surface area contributed by atoms with Crippen molar-refractivity contribution in [3.05, 3.63) is 29.7 Å². The molecule has 0 fully saturated rings. The molecule has 0 saturated heterocycles. The van der Waals surface area contributed by atoms with Crippen LogP contribution in [0.25, 0.3) is 6.08 Å². The molecule has 0 bridgehead atoms. The van der Waals surface area contributed by atoms with E-state index in [4.69, 9.17) is 5.11 Å². The third-order valence-electron chi connectivity index (χ3n) is 1.25. The molecule has 5 heteroatoms. The van der Waals surface area contributed by atoms with Gasteiger partial charge >= 0.3 is 5.97 Å². The first-order valence-electron chi connectivity index (χ1n) is 3.38. The Morgan fingerprint density at radius 2 is 2.23 bits per heavy atom. The molecule has 0 radical (unpaired) electrons. The monoisotopic (exact) mass is 188 g/mol. The lowest BCUT2D eigenvalue weighted by molar-refractivity contribution is -0.131. The summed E-state index contributed by atoms with van der Waals surface area (Å²) in [5.74, 6) is -1.53. The van der Waals surface area contributed by atoms with Gasteiger partial charge in [-0.2, -0.15) is 0 Å². The van der Waals surface area contributed by atoms with Crippen LogP contribution in [0.3, 0.4) is 0 Å². The first-order valence-corrected chi connectivity index (χ1v) is 3.38. The SMILES string of the molecule is O=C(O)C=Cc1ccc(C(F)F)o1. The Morgan fingerprint density at radius 3 is 2.69 bits per heavy atom. The molecule has 0 unspecified atom stereocenters. The largest absolute Gasteiger partial charge is 0.478 e. The molecule has 0 aliphatic rings. The number of furan rings is 1. The molecule has 0 aromatic carbocycles. The van der Waals surface area contributed by atoms with E-state index in [1.807, 2.05) is 0 Å². The van der Waals surface area contributed by atoms with E-state index in [0.717, 1.165) is 18.2 Å². The fourth-order valence-corrected chi connectivity index (χ4v) is 0.729. The van der Waals surface area contributed by atoms with Crippen LogP contribution in [0.5, 0.6) is 0 Å². The highest BCUT2D eigenvalue weighted by molar-refractivity contribution is 5.84. The molecule has 1 aromatic heterocycles. The van der Waals surface area contributed by atoms with Gasteiger partial charge in [0, 0.05) is 6.08 Å². The highest BCUT2D eigenvalue weighted by Crippen LogP contribution is 2.21. The lowest BCUT2D eigenvalue weighted by Gasteiger charge is -1.89. The number of rotatable bonds is 3. The first-order chi connectivity index (χ1) is 6.09. The zero-order valence-corrected chi connectivity index (χ0v) is 6.41. The van der Waals surface area contributed by atoms with E-state index in [-0.39, 0.29) is 5.76 Å². The van der Waals surface area contributed by atoms with Crippen molar-refractivity contribution in [3.63, 3.8) is 0 Å². The van der Waals surface area contributed by atoms with Gasteiger partial charge < -0.3 is 9.52 Å². The van der Waals surface area contributed by atoms with E-state index in [9.17, 15) is 13.6 Å². The third kappa shape index (κ3) is 2.70. The Hall–Kier alpha value is -1.65. The second-order valence-corrected chi connectivity index (χ2v) is 2.21. The molecule has 0 amide bonds. The first kappa shape index (κ1) is 9.44. The summed E-state index contributed by atoms with van der Waals surface area (Å²) < 4.78 is 28.5. The summed E-state index contributed by atoms with van der Waals surface area (Å²) in [4.78, 5) is 10.0. The summed E-state index contributed by atoms with van der Waals surface area (Å²) in [6.45, 7) is 0. The third-order valence-corrected chi connectivity index (χ3v) is 1.25.